The molecule has 0 aliphatic rings. The lowest BCUT2D eigenvalue weighted by atomic mass is 10.0. The third-order valence-corrected chi connectivity index (χ3v) is 3.77. The van der Waals surface area contributed by atoms with Crippen molar-refractivity contribution in [1.29, 1.82) is 0 Å². The van der Waals surface area contributed by atoms with Gasteiger partial charge in [0.1, 0.15) is 5.52 Å². The molecule has 2 heterocycles. The maximum absolute atomic E-state index is 12.7. The summed E-state index contributed by atoms with van der Waals surface area (Å²) >= 11 is 0. The lowest BCUT2D eigenvalue weighted by Crippen LogP contribution is -2.04. The summed E-state index contributed by atoms with van der Waals surface area (Å²) in [6.45, 7) is 0. The van der Waals surface area contributed by atoms with Crippen LogP contribution in [0.5, 0.6) is 0 Å². The van der Waals surface area contributed by atoms with Crippen LogP contribution in [-0.4, -0.2) is 4.98 Å². The first kappa shape index (κ1) is 15.3. The number of alkyl halides is 3. The van der Waals surface area contributed by atoms with Gasteiger partial charge in [-0.1, -0.05) is 12.1 Å². The molecule has 4 rings (SSSR count). The van der Waals surface area contributed by atoms with E-state index in [-0.39, 0.29) is 5.89 Å². The van der Waals surface area contributed by atoms with E-state index in [0.717, 1.165) is 12.1 Å². The van der Waals surface area contributed by atoms with Crippen molar-refractivity contribution in [2.75, 3.05) is 5.73 Å². The number of halogens is 3. The Bertz CT molecular complexity index is 1030. The maximum Gasteiger partial charge on any atom is 0.416 e. The van der Waals surface area contributed by atoms with E-state index >= 15 is 0 Å². The lowest BCUT2D eigenvalue weighted by molar-refractivity contribution is -0.137. The summed E-state index contributed by atoms with van der Waals surface area (Å²) in [5.41, 5.74) is 7.66. The summed E-state index contributed by atoms with van der Waals surface area (Å²) in [6.07, 6.45) is -2.89. The fourth-order valence-electron chi connectivity index (χ4n) is 2.61. The second-order valence-electron chi connectivity index (χ2n) is 5.49. The van der Waals surface area contributed by atoms with Crippen LogP contribution in [0.15, 0.2) is 63.6 Å². The first-order valence-corrected chi connectivity index (χ1v) is 7.33. The molecule has 0 unspecified atom stereocenters. The van der Waals surface area contributed by atoms with Crippen LogP contribution in [0.25, 0.3) is 33.9 Å². The molecule has 0 radical (unpaired) electrons. The van der Waals surface area contributed by atoms with E-state index in [2.05, 4.69) is 4.98 Å². The molecule has 2 N–H and O–H groups in total. The van der Waals surface area contributed by atoms with Gasteiger partial charge in [-0.3, -0.25) is 0 Å². The van der Waals surface area contributed by atoms with Gasteiger partial charge in [-0.2, -0.15) is 13.2 Å². The van der Waals surface area contributed by atoms with Crippen LogP contribution in [-0.2, 0) is 6.18 Å². The van der Waals surface area contributed by atoms with E-state index in [1.807, 2.05) is 0 Å². The van der Waals surface area contributed by atoms with Gasteiger partial charge in [0.25, 0.3) is 5.89 Å². The second kappa shape index (κ2) is 5.41. The molecular weight excluding hydrogens is 333 g/mol. The number of nitrogens with two attached hydrogens (primary N) is 1. The minimum Gasteiger partial charge on any atom is -0.459 e. The topological polar surface area (TPSA) is 65.2 Å². The third kappa shape index (κ3) is 2.73. The largest absolute Gasteiger partial charge is 0.459 e. The average Bonchev–Trinajstić information content (AvgIpc) is 3.22. The van der Waals surface area contributed by atoms with E-state index < -0.39 is 11.7 Å². The summed E-state index contributed by atoms with van der Waals surface area (Å²) < 4.78 is 49.3. The Hall–Kier alpha value is -3.22. The van der Waals surface area contributed by atoms with Gasteiger partial charge in [0.2, 0.25) is 0 Å². The number of hydrogen-bond acceptors (Lipinski definition) is 4. The quantitative estimate of drug-likeness (QED) is 0.497. The number of oxazole rings is 1. The monoisotopic (exact) mass is 344 g/mol. The zero-order valence-electron chi connectivity index (χ0n) is 12.7. The molecule has 0 saturated heterocycles. The van der Waals surface area contributed by atoms with Crippen LogP contribution in [0.3, 0.4) is 0 Å². The molecule has 0 aliphatic carbocycles. The van der Waals surface area contributed by atoms with Gasteiger partial charge in [-0.05, 0) is 42.0 Å². The van der Waals surface area contributed by atoms with Gasteiger partial charge in [-0.25, -0.2) is 4.98 Å². The van der Waals surface area contributed by atoms with Crippen LogP contribution in [0, 0.1) is 0 Å². The third-order valence-electron chi connectivity index (χ3n) is 3.77. The summed E-state index contributed by atoms with van der Waals surface area (Å²) in [6, 6.07) is 11.5. The van der Waals surface area contributed by atoms with Gasteiger partial charge >= 0.3 is 6.18 Å². The Morgan fingerprint density at radius 2 is 1.76 bits per heavy atom. The Kier molecular flexibility index (Phi) is 3.31. The summed E-state index contributed by atoms with van der Waals surface area (Å²) in [7, 11) is 0. The second-order valence-corrected chi connectivity index (χ2v) is 5.49. The number of hydrogen-bond donors (Lipinski definition) is 1. The number of aromatic nitrogens is 1. The van der Waals surface area contributed by atoms with Crippen LogP contribution in [0.2, 0.25) is 0 Å². The van der Waals surface area contributed by atoms with Crippen molar-refractivity contribution in [3.05, 3.63) is 60.4 Å². The van der Waals surface area contributed by atoms with Crippen molar-refractivity contribution in [3.63, 3.8) is 0 Å². The van der Waals surface area contributed by atoms with Crippen LogP contribution in [0.1, 0.15) is 5.56 Å². The predicted octanol–water partition coefficient (Wildman–Crippen LogP) is 5.36. The van der Waals surface area contributed by atoms with E-state index in [4.69, 9.17) is 14.6 Å². The molecule has 0 aliphatic heterocycles. The molecule has 126 valence electrons. The maximum atomic E-state index is 12.7. The highest BCUT2D eigenvalue weighted by molar-refractivity contribution is 5.94. The summed E-state index contributed by atoms with van der Waals surface area (Å²) in [5.74, 6) is 0.729. The molecule has 2 aromatic carbocycles. The highest BCUT2D eigenvalue weighted by atomic mass is 19.4. The molecule has 2 aromatic heterocycles. The van der Waals surface area contributed by atoms with Crippen molar-refractivity contribution in [1.82, 2.24) is 4.98 Å². The number of anilines is 1. The number of nitrogen functional groups attached to an aromatic ring is 1. The van der Waals surface area contributed by atoms with Crippen LogP contribution >= 0.6 is 0 Å². The molecule has 25 heavy (non-hydrogen) atoms. The molecule has 7 heteroatoms. The predicted molar refractivity (Wildman–Crippen MR) is 86.6 cm³/mol. The smallest absolute Gasteiger partial charge is 0.416 e. The highest BCUT2D eigenvalue weighted by Gasteiger charge is 2.30. The molecule has 4 nitrogen and oxygen atoms in total. The van der Waals surface area contributed by atoms with Crippen molar-refractivity contribution in [2.24, 2.45) is 0 Å². The number of furan rings is 1. The SMILES string of the molecule is Nc1cc(-c2ccc(C(F)(F)F)cc2)c2oc(-c3ccco3)nc2c1. The Morgan fingerprint density at radius 1 is 1.00 bits per heavy atom. The standard InChI is InChI=1S/C18H11F3N2O2/c19-18(20,21)11-5-3-10(4-6-11)13-8-12(22)9-14-16(13)25-17(23-14)15-2-1-7-24-15/h1-9H,22H2. The van der Waals surface area contributed by atoms with Gasteiger partial charge in [0, 0.05) is 11.3 Å². The normalized spacial score (nSPS) is 12.0. The highest BCUT2D eigenvalue weighted by Crippen LogP contribution is 2.36. The summed E-state index contributed by atoms with van der Waals surface area (Å²) in [5, 5.41) is 0. The average molecular weight is 344 g/mol. The van der Waals surface area contributed by atoms with Crippen molar-refractivity contribution >= 4 is 16.8 Å². The number of fused-ring (bicyclic) bond motifs is 1. The van der Waals surface area contributed by atoms with Crippen molar-refractivity contribution in [2.45, 2.75) is 6.18 Å². The van der Waals surface area contributed by atoms with E-state index in [9.17, 15) is 13.2 Å². The lowest BCUT2D eigenvalue weighted by Gasteiger charge is -2.08. The zero-order valence-corrected chi connectivity index (χ0v) is 12.7. The van der Waals surface area contributed by atoms with Gasteiger partial charge in [0.15, 0.2) is 11.3 Å². The molecule has 0 spiro atoms. The Balaban J connectivity index is 1.86. The first-order valence-electron chi connectivity index (χ1n) is 7.33. The fourth-order valence-corrected chi connectivity index (χ4v) is 2.61. The summed E-state index contributed by atoms with van der Waals surface area (Å²) in [4.78, 5) is 4.34. The van der Waals surface area contributed by atoms with E-state index in [1.54, 1.807) is 24.3 Å². The molecule has 4 aromatic rings. The molecule has 0 atom stereocenters. The molecule has 0 amide bonds. The zero-order chi connectivity index (χ0) is 17.6. The molecular formula is C18H11F3N2O2. The fraction of sp³-hybridized carbons (Fsp3) is 0.0556. The van der Waals surface area contributed by atoms with Crippen LogP contribution < -0.4 is 5.73 Å². The first-order chi connectivity index (χ1) is 11.9. The Labute approximate surface area is 139 Å². The molecule has 0 bridgehead atoms. The van der Waals surface area contributed by atoms with Gasteiger partial charge in [-0.15, -0.1) is 0 Å². The van der Waals surface area contributed by atoms with Crippen molar-refractivity contribution < 1.29 is 22.0 Å². The minimum atomic E-state index is -4.39. The van der Waals surface area contributed by atoms with Gasteiger partial charge in [0.05, 0.1) is 11.8 Å². The number of rotatable bonds is 2. The van der Waals surface area contributed by atoms with Crippen LogP contribution in [0.4, 0.5) is 18.9 Å². The van der Waals surface area contributed by atoms with E-state index in [1.165, 1.54) is 18.4 Å². The van der Waals surface area contributed by atoms with E-state index in [0.29, 0.717) is 33.7 Å². The molecule has 0 fully saturated rings. The minimum absolute atomic E-state index is 0.277. The number of nitrogens with zero attached hydrogens (tertiary/aromatic N) is 1. The van der Waals surface area contributed by atoms with Crippen molar-refractivity contribution in [3.8, 4) is 22.8 Å². The Morgan fingerprint density at radius 3 is 2.40 bits per heavy atom. The molecule has 0 saturated carbocycles. The van der Waals surface area contributed by atoms with Gasteiger partial charge < -0.3 is 14.6 Å². The number of benzene rings is 2.